The van der Waals surface area contributed by atoms with Crippen molar-refractivity contribution in [1.82, 2.24) is 10.9 Å². The van der Waals surface area contributed by atoms with Gasteiger partial charge in [-0.25, -0.2) is 0 Å². The molecule has 2 aliphatic carbocycles. The fourth-order valence-corrected chi connectivity index (χ4v) is 3.39. The quantitative estimate of drug-likeness (QED) is 0.490. The first-order valence-electron chi connectivity index (χ1n) is 6.52. The van der Waals surface area contributed by atoms with E-state index in [-0.39, 0.29) is 16.9 Å². The predicted molar refractivity (Wildman–Crippen MR) is 70.9 cm³/mol. The second kappa shape index (κ2) is 5.67. The van der Waals surface area contributed by atoms with Crippen LogP contribution in [0.15, 0.2) is 0 Å². The van der Waals surface area contributed by atoms with Gasteiger partial charge in [-0.15, -0.1) is 0 Å². The molecule has 0 spiro atoms. The summed E-state index contributed by atoms with van der Waals surface area (Å²) >= 11 is 4.66. The summed E-state index contributed by atoms with van der Waals surface area (Å²) in [6, 6.07) is 0. The topological polar surface area (TPSA) is 67.2 Å². The van der Waals surface area contributed by atoms with E-state index in [0.717, 1.165) is 24.7 Å². The minimum atomic E-state index is 0.0434. The average molecular weight is 255 g/mol. The van der Waals surface area contributed by atoms with Crippen molar-refractivity contribution in [3.05, 3.63) is 0 Å². The Hall–Kier alpha value is -0.840. The third kappa shape index (κ3) is 3.31. The van der Waals surface area contributed by atoms with Gasteiger partial charge < -0.3 is 5.73 Å². The SMILES string of the molecule is NC(=S)NNC(=O)C1CCC2CCCCC2C1. The molecule has 3 atom stereocenters. The van der Waals surface area contributed by atoms with Crippen molar-refractivity contribution in [1.29, 1.82) is 0 Å². The minimum absolute atomic E-state index is 0.0434. The number of fused-ring (bicyclic) bond motifs is 1. The van der Waals surface area contributed by atoms with Crippen LogP contribution in [0.3, 0.4) is 0 Å². The number of rotatable bonds is 1. The van der Waals surface area contributed by atoms with Crippen LogP contribution in [-0.4, -0.2) is 11.0 Å². The van der Waals surface area contributed by atoms with Crippen LogP contribution in [0.2, 0.25) is 0 Å². The summed E-state index contributed by atoms with van der Waals surface area (Å²) < 4.78 is 0. The molecule has 3 unspecified atom stereocenters. The van der Waals surface area contributed by atoms with Crippen LogP contribution in [0.1, 0.15) is 44.9 Å². The zero-order chi connectivity index (χ0) is 12.3. The smallest absolute Gasteiger partial charge is 0.241 e. The first-order valence-corrected chi connectivity index (χ1v) is 6.93. The highest BCUT2D eigenvalue weighted by Crippen LogP contribution is 2.42. The van der Waals surface area contributed by atoms with Crippen LogP contribution in [0.5, 0.6) is 0 Å². The highest BCUT2D eigenvalue weighted by Gasteiger charge is 2.34. The molecule has 0 aromatic rings. The molecule has 17 heavy (non-hydrogen) atoms. The normalized spacial score (nSPS) is 32.4. The molecule has 1 amide bonds. The van der Waals surface area contributed by atoms with Gasteiger partial charge in [0.15, 0.2) is 5.11 Å². The van der Waals surface area contributed by atoms with Crippen molar-refractivity contribution in [2.75, 3.05) is 0 Å². The number of nitrogens with two attached hydrogens (primary N) is 1. The summed E-state index contributed by atoms with van der Waals surface area (Å²) in [5, 5.41) is 0.115. The Kier molecular flexibility index (Phi) is 4.20. The number of carbonyl (C=O) groups excluding carboxylic acids is 1. The van der Waals surface area contributed by atoms with Crippen LogP contribution in [-0.2, 0) is 4.79 Å². The average Bonchev–Trinajstić information content (AvgIpc) is 2.35. The molecule has 0 aromatic carbocycles. The highest BCUT2D eigenvalue weighted by molar-refractivity contribution is 7.80. The monoisotopic (exact) mass is 255 g/mol. The molecule has 2 rings (SSSR count). The van der Waals surface area contributed by atoms with E-state index >= 15 is 0 Å². The van der Waals surface area contributed by atoms with Crippen molar-refractivity contribution < 1.29 is 4.79 Å². The van der Waals surface area contributed by atoms with Crippen molar-refractivity contribution in [3.8, 4) is 0 Å². The van der Waals surface area contributed by atoms with Crippen LogP contribution in [0.25, 0.3) is 0 Å². The number of hydrazine groups is 1. The van der Waals surface area contributed by atoms with Crippen LogP contribution < -0.4 is 16.6 Å². The number of nitrogens with one attached hydrogen (secondary N) is 2. The summed E-state index contributed by atoms with van der Waals surface area (Å²) in [6.45, 7) is 0. The van der Waals surface area contributed by atoms with E-state index < -0.39 is 0 Å². The van der Waals surface area contributed by atoms with E-state index in [1.54, 1.807) is 0 Å². The second-order valence-electron chi connectivity index (χ2n) is 5.29. The lowest BCUT2D eigenvalue weighted by atomic mass is 9.67. The Bertz CT molecular complexity index is 308. The number of carbonyl (C=O) groups is 1. The Morgan fingerprint density at radius 2 is 1.76 bits per heavy atom. The largest absolute Gasteiger partial charge is 0.375 e. The molecular formula is C12H21N3OS. The zero-order valence-corrected chi connectivity index (χ0v) is 10.9. The first kappa shape index (κ1) is 12.6. The number of hydrogen-bond acceptors (Lipinski definition) is 2. The Morgan fingerprint density at radius 1 is 1.06 bits per heavy atom. The molecule has 96 valence electrons. The highest BCUT2D eigenvalue weighted by atomic mass is 32.1. The lowest BCUT2D eigenvalue weighted by Gasteiger charge is -2.38. The summed E-state index contributed by atoms with van der Waals surface area (Å²) in [4.78, 5) is 11.9. The Balaban J connectivity index is 1.82. The molecule has 2 aliphatic rings. The van der Waals surface area contributed by atoms with Gasteiger partial charge >= 0.3 is 0 Å². The lowest BCUT2D eigenvalue weighted by molar-refractivity contribution is -0.127. The van der Waals surface area contributed by atoms with Crippen LogP contribution in [0, 0.1) is 17.8 Å². The third-order valence-electron chi connectivity index (χ3n) is 4.22. The van der Waals surface area contributed by atoms with Crippen molar-refractivity contribution in [2.24, 2.45) is 23.5 Å². The van der Waals surface area contributed by atoms with Gasteiger partial charge in [0.05, 0.1) is 0 Å². The molecule has 5 heteroatoms. The third-order valence-corrected chi connectivity index (χ3v) is 4.32. The van der Waals surface area contributed by atoms with Crippen molar-refractivity contribution in [2.45, 2.75) is 44.9 Å². The molecule has 2 fully saturated rings. The van der Waals surface area contributed by atoms with E-state index in [1.807, 2.05) is 0 Å². The summed E-state index contributed by atoms with van der Waals surface area (Å²) in [6.07, 6.45) is 8.63. The summed E-state index contributed by atoms with van der Waals surface area (Å²) in [5.41, 5.74) is 10.4. The maximum atomic E-state index is 11.9. The predicted octanol–water partition coefficient (Wildman–Crippen LogP) is 1.46. The van der Waals surface area contributed by atoms with E-state index in [1.165, 1.54) is 32.1 Å². The molecular weight excluding hydrogens is 234 g/mol. The number of hydrogen-bond donors (Lipinski definition) is 3. The molecule has 2 saturated carbocycles. The van der Waals surface area contributed by atoms with Crippen molar-refractivity contribution >= 4 is 23.2 Å². The summed E-state index contributed by atoms with van der Waals surface area (Å²) in [5.74, 6) is 1.81. The van der Waals surface area contributed by atoms with E-state index in [0.29, 0.717) is 0 Å². The van der Waals surface area contributed by atoms with Gasteiger partial charge in [0.25, 0.3) is 0 Å². The zero-order valence-electron chi connectivity index (χ0n) is 10.1. The summed E-state index contributed by atoms with van der Waals surface area (Å²) in [7, 11) is 0. The fraction of sp³-hybridized carbons (Fsp3) is 0.833. The molecule has 0 radical (unpaired) electrons. The minimum Gasteiger partial charge on any atom is -0.375 e. The molecule has 0 saturated heterocycles. The van der Waals surface area contributed by atoms with Crippen LogP contribution in [0.4, 0.5) is 0 Å². The van der Waals surface area contributed by atoms with Crippen LogP contribution >= 0.6 is 12.2 Å². The molecule has 0 heterocycles. The molecule has 0 aliphatic heterocycles. The first-order chi connectivity index (χ1) is 8.16. The van der Waals surface area contributed by atoms with Gasteiger partial charge in [-0.3, -0.25) is 15.6 Å². The Labute approximate surface area is 108 Å². The molecule has 0 bridgehead atoms. The lowest BCUT2D eigenvalue weighted by Crippen LogP contribution is -2.48. The number of amides is 1. The number of thiocarbonyl (C=S) groups is 1. The molecule has 4 N–H and O–H groups in total. The standard InChI is InChI=1S/C12H21N3OS/c13-12(17)15-14-11(16)10-6-5-8-3-1-2-4-9(8)7-10/h8-10H,1-7H2,(H,14,16)(H3,13,15,17). The van der Waals surface area contributed by atoms with Crippen molar-refractivity contribution in [3.63, 3.8) is 0 Å². The fourth-order valence-electron chi connectivity index (χ4n) is 3.34. The van der Waals surface area contributed by atoms with Gasteiger partial charge in [-0.2, -0.15) is 0 Å². The molecule has 0 aromatic heterocycles. The maximum Gasteiger partial charge on any atom is 0.241 e. The van der Waals surface area contributed by atoms with E-state index in [9.17, 15) is 4.79 Å². The second-order valence-corrected chi connectivity index (χ2v) is 5.73. The van der Waals surface area contributed by atoms with E-state index in [2.05, 4.69) is 23.1 Å². The Morgan fingerprint density at radius 3 is 2.47 bits per heavy atom. The van der Waals surface area contributed by atoms with E-state index in [4.69, 9.17) is 5.73 Å². The maximum absolute atomic E-state index is 11.9. The van der Waals surface area contributed by atoms with Gasteiger partial charge in [0.1, 0.15) is 0 Å². The van der Waals surface area contributed by atoms with Gasteiger partial charge in [0, 0.05) is 5.92 Å². The molecule has 4 nitrogen and oxygen atoms in total. The van der Waals surface area contributed by atoms with Gasteiger partial charge in [-0.1, -0.05) is 25.7 Å². The van der Waals surface area contributed by atoms with Gasteiger partial charge in [0.2, 0.25) is 5.91 Å². The van der Waals surface area contributed by atoms with Gasteiger partial charge in [-0.05, 0) is 43.3 Å².